The van der Waals surface area contributed by atoms with E-state index < -0.39 is 0 Å². The maximum Gasteiger partial charge on any atom is 0.255 e. The van der Waals surface area contributed by atoms with Crippen molar-refractivity contribution in [1.82, 2.24) is 9.80 Å². The van der Waals surface area contributed by atoms with Crippen molar-refractivity contribution in [2.24, 2.45) is 0 Å². The number of hydrogen-bond donors (Lipinski definition) is 0. The van der Waals surface area contributed by atoms with Crippen molar-refractivity contribution >= 4 is 21.8 Å². The molecule has 3 rings (SSSR count). The lowest BCUT2D eigenvalue weighted by molar-refractivity contribution is 0.0779. The van der Waals surface area contributed by atoms with E-state index in [9.17, 15) is 4.79 Å². The van der Waals surface area contributed by atoms with Crippen LogP contribution < -0.4 is 0 Å². The van der Waals surface area contributed by atoms with Gasteiger partial charge in [-0.15, -0.1) is 0 Å². The largest absolute Gasteiger partial charge is 0.337 e. The van der Waals surface area contributed by atoms with Crippen LogP contribution in [0.15, 0.2) is 22.7 Å². The van der Waals surface area contributed by atoms with Crippen molar-refractivity contribution in [3.63, 3.8) is 0 Å². The highest BCUT2D eigenvalue weighted by atomic mass is 79.9. The van der Waals surface area contributed by atoms with E-state index in [1.54, 1.807) is 0 Å². The number of nitrogens with zero attached hydrogens (tertiary/aromatic N) is 2. The maximum absolute atomic E-state index is 12.7. The van der Waals surface area contributed by atoms with E-state index in [1.165, 1.54) is 25.9 Å². The second-order valence-electron chi connectivity index (χ2n) is 5.87. The van der Waals surface area contributed by atoms with Crippen molar-refractivity contribution in [3.05, 3.63) is 33.8 Å². The minimum atomic E-state index is 0.169. The van der Waals surface area contributed by atoms with Gasteiger partial charge >= 0.3 is 0 Å². The number of rotatable bonds is 2. The summed E-state index contributed by atoms with van der Waals surface area (Å²) in [6.07, 6.45) is 3.75. The minimum absolute atomic E-state index is 0.169. The van der Waals surface area contributed by atoms with Gasteiger partial charge in [-0.05, 0) is 66.8 Å². The summed E-state index contributed by atoms with van der Waals surface area (Å²) < 4.78 is 0.939. The summed E-state index contributed by atoms with van der Waals surface area (Å²) in [5.41, 5.74) is 1.92. The average molecular weight is 337 g/mol. The maximum atomic E-state index is 12.7. The van der Waals surface area contributed by atoms with E-state index in [2.05, 4.69) is 20.8 Å². The van der Waals surface area contributed by atoms with Gasteiger partial charge < -0.3 is 4.90 Å². The van der Waals surface area contributed by atoms with E-state index in [4.69, 9.17) is 0 Å². The predicted octanol–water partition coefficient (Wildman–Crippen LogP) is 3.07. The Labute approximate surface area is 129 Å². The van der Waals surface area contributed by atoms with Crippen molar-refractivity contribution in [2.75, 3.05) is 26.2 Å². The first-order valence-electron chi connectivity index (χ1n) is 7.45. The fraction of sp³-hybridized carbons (Fsp3) is 0.562. The fourth-order valence-corrected chi connectivity index (χ4v) is 3.75. The molecule has 3 nitrogen and oxygen atoms in total. The van der Waals surface area contributed by atoms with Crippen LogP contribution >= 0.6 is 15.9 Å². The molecular weight excluding hydrogens is 316 g/mol. The highest BCUT2D eigenvalue weighted by Gasteiger charge is 2.32. The monoisotopic (exact) mass is 336 g/mol. The van der Waals surface area contributed by atoms with Crippen LogP contribution in [0.2, 0.25) is 0 Å². The minimum Gasteiger partial charge on any atom is -0.337 e. The van der Waals surface area contributed by atoms with Crippen molar-refractivity contribution in [1.29, 1.82) is 0 Å². The normalized spacial score (nSPS) is 23.5. The van der Waals surface area contributed by atoms with Crippen LogP contribution in [0.3, 0.4) is 0 Å². The molecule has 2 aliphatic rings. The van der Waals surface area contributed by atoms with Crippen molar-refractivity contribution in [2.45, 2.75) is 32.2 Å². The number of carbonyl (C=O) groups is 1. The lowest BCUT2D eigenvalue weighted by atomic mass is 10.1. The molecular formula is C16H21BrN2O. The molecule has 108 valence electrons. The summed E-state index contributed by atoms with van der Waals surface area (Å²) >= 11 is 3.55. The SMILES string of the molecule is Cc1cccc(C(=O)N2CCC(N3CCCC3)C2)c1Br. The van der Waals surface area contributed by atoms with Gasteiger partial charge in [0.2, 0.25) is 0 Å². The van der Waals surface area contributed by atoms with E-state index in [0.29, 0.717) is 6.04 Å². The Morgan fingerprint density at radius 1 is 1.25 bits per heavy atom. The Kier molecular flexibility index (Phi) is 4.13. The zero-order chi connectivity index (χ0) is 14.1. The van der Waals surface area contributed by atoms with Crippen LogP contribution in [-0.4, -0.2) is 47.9 Å². The summed E-state index contributed by atoms with van der Waals surface area (Å²) in [5.74, 6) is 0.169. The topological polar surface area (TPSA) is 23.6 Å². The molecule has 0 spiro atoms. The fourth-order valence-electron chi connectivity index (χ4n) is 3.31. The molecule has 1 amide bonds. The van der Waals surface area contributed by atoms with E-state index in [0.717, 1.165) is 35.1 Å². The number of hydrogen-bond acceptors (Lipinski definition) is 2. The van der Waals surface area contributed by atoms with E-state index >= 15 is 0 Å². The molecule has 0 aromatic heterocycles. The summed E-state index contributed by atoms with van der Waals surface area (Å²) in [7, 11) is 0. The van der Waals surface area contributed by atoms with Gasteiger partial charge in [-0.1, -0.05) is 12.1 Å². The second-order valence-corrected chi connectivity index (χ2v) is 6.67. The molecule has 1 aromatic rings. The van der Waals surface area contributed by atoms with Gasteiger partial charge in [0.1, 0.15) is 0 Å². The van der Waals surface area contributed by atoms with Crippen molar-refractivity contribution in [3.8, 4) is 0 Å². The standard InChI is InChI=1S/C16H21BrN2O/c1-12-5-4-6-14(15(12)17)16(20)19-10-7-13(11-19)18-8-2-3-9-18/h4-6,13H,2-3,7-11H2,1H3. The summed E-state index contributed by atoms with van der Waals surface area (Å²) in [6, 6.07) is 6.48. The molecule has 2 saturated heterocycles. The summed E-state index contributed by atoms with van der Waals surface area (Å²) in [4.78, 5) is 17.2. The molecule has 20 heavy (non-hydrogen) atoms. The molecule has 0 bridgehead atoms. The first-order valence-corrected chi connectivity index (χ1v) is 8.24. The molecule has 1 unspecified atom stereocenters. The summed E-state index contributed by atoms with van der Waals surface area (Å²) in [6.45, 7) is 6.22. The highest BCUT2D eigenvalue weighted by molar-refractivity contribution is 9.10. The molecule has 2 fully saturated rings. The van der Waals surface area contributed by atoms with Crippen LogP contribution in [0.25, 0.3) is 0 Å². The van der Waals surface area contributed by atoms with Gasteiger partial charge in [0.25, 0.3) is 5.91 Å². The van der Waals surface area contributed by atoms with Crippen LogP contribution in [0.5, 0.6) is 0 Å². The van der Waals surface area contributed by atoms with Crippen LogP contribution in [-0.2, 0) is 0 Å². The molecule has 2 heterocycles. The number of halogens is 1. The highest BCUT2D eigenvalue weighted by Crippen LogP contribution is 2.26. The average Bonchev–Trinajstić information content (AvgIpc) is 3.11. The molecule has 1 aromatic carbocycles. The van der Waals surface area contributed by atoms with Gasteiger partial charge in [0.05, 0.1) is 5.56 Å². The molecule has 1 atom stereocenters. The lowest BCUT2D eigenvalue weighted by Crippen LogP contribution is -2.37. The quantitative estimate of drug-likeness (QED) is 0.828. The number of benzene rings is 1. The van der Waals surface area contributed by atoms with E-state index in [1.807, 2.05) is 30.0 Å². The zero-order valence-corrected chi connectivity index (χ0v) is 13.5. The number of carbonyl (C=O) groups excluding carboxylic acids is 1. The number of aryl methyl sites for hydroxylation is 1. The molecule has 0 saturated carbocycles. The Morgan fingerprint density at radius 3 is 2.75 bits per heavy atom. The third kappa shape index (κ3) is 2.63. The third-order valence-corrected chi connectivity index (χ3v) is 5.58. The van der Waals surface area contributed by atoms with Gasteiger partial charge in [0.15, 0.2) is 0 Å². The Balaban J connectivity index is 1.70. The van der Waals surface area contributed by atoms with Gasteiger partial charge in [-0.3, -0.25) is 9.69 Å². The van der Waals surface area contributed by atoms with Gasteiger partial charge in [0, 0.05) is 23.6 Å². The number of amides is 1. The van der Waals surface area contributed by atoms with Crippen LogP contribution in [0.4, 0.5) is 0 Å². The first-order chi connectivity index (χ1) is 9.66. The molecule has 0 radical (unpaired) electrons. The van der Waals surface area contributed by atoms with Gasteiger partial charge in [-0.2, -0.15) is 0 Å². The predicted molar refractivity (Wildman–Crippen MR) is 84.0 cm³/mol. The second kappa shape index (κ2) is 5.86. The molecule has 0 N–H and O–H groups in total. The lowest BCUT2D eigenvalue weighted by Gasteiger charge is -2.24. The zero-order valence-electron chi connectivity index (χ0n) is 11.9. The van der Waals surface area contributed by atoms with Crippen LogP contribution in [0.1, 0.15) is 35.2 Å². The Bertz CT molecular complexity index is 511. The first kappa shape index (κ1) is 14.1. The summed E-state index contributed by atoms with van der Waals surface area (Å²) in [5, 5.41) is 0. The molecule has 2 aliphatic heterocycles. The van der Waals surface area contributed by atoms with E-state index in [-0.39, 0.29) is 5.91 Å². The molecule has 0 aliphatic carbocycles. The number of likely N-dealkylation sites (tertiary alicyclic amines) is 2. The van der Waals surface area contributed by atoms with Crippen molar-refractivity contribution < 1.29 is 4.79 Å². The third-order valence-electron chi connectivity index (χ3n) is 4.53. The smallest absolute Gasteiger partial charge is 0.255 e. The van der Waals surface area contributed by atoms with Gasteiger partial charge in [-0.25, -0.2) is 0 Å². The van der Waals surface area contributed by atoms with Crippen LogP contribution in [0, 0.1) is 6.92 Å². The Morgan fingerprint density at radius 2 is 2.00 bits per heavy atom. The Hall–Kier alpha value is -0.870. The molecule has 4 heteroatoms.